The third-order valence-corrected chi connectivity index (χ3v) is 5.18. The molecule has 9 heteroatoms. The van der Waals surface area contributed by atoms with Gasteiger partial charge >= 0.3 is 0 Å². The average Bonchev–Trinajstić information content (AvgIpc) is 2.54. The number of nitrogens with one attached hydrogen (secondary N) is 1. The third-order valence-electron chi connectivity index (χ3n) is 3.69. The van der Waals surface area contributed by atoms with Gasteiger partial charge in [0.05, 0.1) is 24.1 Å². The number of carbonyl (C=O) groups is 1. The molecule has 0 saturated heterocycles. The first kappa shape index (κ1) is 22.5. The lowest BCUT2D eigenvalue weighted by atomic mass is 10.2. The summed E-state index contributed by atoms with van der Waals surface area (Å²) in [6.45, 7) is 1.72. The molecule has 1 rings (SSSR count). The topological polar surface area (TPSA) is 79.0 Å². The highest BCUT2D eigenvalue weighted by atomic mass is 35.5. The maximum atomic E-state index is 12.1. The van der Waals surface area contributed by atoms with E-state index in [2.05, 4.69) is 10.2 Å². The number of ether oxygens (including phenoxy) is 1. The molecule has 7 nitrogen and oxygen atoms in total. The normalized spacial score (nSPS) is 11.5. The number of nitrogens with zero attached hydrogens (tertiary/aromatic N) is 2. The summed E-state index contributed by atoms with van der Waals surface area (Å²) in [5.41, 5.74) is 0.449. The zero-order valence-corrected chi connectivity index (χ0v) is 17.4. The first-order valence-electron chi connectivity index (χ1n) is 8.38. The number of hydrogen-bond acceptors (Lipinski definition) is 5. The fraction of sp³-hybridized carbons (Fsp3) is 0.588. The van der Waals surface area contributed by atoms with Crippen molar-refractivity contribution in [3.63, 3.8) is 0 Å². The van der Waals surface area contributed by atoms with Crippen LogP contribution >= 0.6 is 11.6 Å². The minimum absolute atomic E-state index is 0.0787. The van der Waals surface area contributed by atoms with Crippen molar-refractivity contribution in [2.24, 2.45) is 0 Å². The molecule has 1 aromatic carbocycles. The Kier molecular flexibility index (Phi) is 9.18. The van der Waals surface area contributed by atoms with E-state index in [1.54, 1.807) is 18.2 Å². The van der Waals surface area contributed by atoms with Gasteiger partial charge in [-0.05, 0) is 51.7 Å². The van der Waals surface area contributed by atoms with E-state index in [0.717, 1.165) is 19.2 Å². The van der Waals surface area contributed by atoms with Gasteiger partial charge in [0.15, 0.2) is 0 Å². The van der Waals surface area contributed by atoms with Gasteiger partial charge in [0.2, 0.25) is 15.9 Å². The van der Waals surface area contributed by atoms with Crippen molar-refractivity contribution in [3.8, 4) is 5.75 Å². The summed E-state index contributed by atoms with van der Waals surface area (Å²) in [5, 5.41) is 3.17. The van der Waals surface area contributed by atoms with Gasteiger partial charge in [-0.3, -0.25) is 9.10 Å². The number of anilines is 1. The average molecular weight is 406 g/mol. The molecule has 0 unspecified atom stereocenters. The van der Waals surface area contributed by atoms with Crippen LogP contribution in [-0.2, 0) is 14.8 Å². The minimum Gasteiger partial charge on any atom is -0.495 e. The smallest absolute Gasteiger partial charge is 0.232 e. The molecule has 0 bridgehead atoms. The summed E-state index contributed by atoms with van der Waals surface area (Å²) < 4.78 is 30.5. The van der Waals surface area contributed by atoms with E-state index in [-0.39, 0.29) is 18.9 Å². The second kappa shape index (κ2) is 10.6. The standard InChI is InChI=1S/C17H28ClN3O4S/c1-20(2)11-6-10-19-17(22)7-5-12-21(26(4,23)24)14-8-9-16(25-3)15(18)13-14/h8-9,13H,5-7,10-12H2,1-4H3,(H,19,22). The molecular weight excluding hydrogens is 378 g/mol. The third kappa shape index (κ3) is 7.80. The zero-order chi connectivity index (χ0) is 19.7. The maximum absolute atomic E-state index is 12.1. The predicted molar refractivity (Wildman–Crippen MR) is 106 cm³/mol. The van der Waals surface area contributed by atoms with Crippen LogP contribution in [0.1, 0.15) is 19.3 Å². The summed E-state index contributed by atoms with van der Waals surface area (Å²) in [4.78, 5) is 13.9. The van der Waals surface area contributed by atoms with Crippen LogP contribution in [0.5, 0.6) is 5.75 Å². The predicted octanol–water partition coefficient (Wildman–Crippen LogP) is 1.96. The van der Waals surface area contributed by atoms with Crippen LogP contribution in [0.15, 0.2) is 18.2 Å². The number of amides is 1. The molecule has 26 heavy (non-hydrogen) atoms. The highest BCUT2D eigenvalue weighted by molar-refractivity contribution is 7.92. The summed E-state index contributed by atoms with van der Waals surface area (Å²) >= 11 is 6.09. The van der Waals surface area contributed by atoms with Crippen molar-refractivity contribution in [1.29, 1.82) is 0 Å². The first-order chi connectivity index (χ1) is 12.1. The Hall–Kier alpha value is -1.51. The summed E-state index contributed by atoms with van der Waals surface area (Å²) in [6.07, 6.45) is 2.68. The molecule has 0 fully saturated rings. The van der Waals surface area contributed by atoms with Crippen LogP contribution in [0.3, 0.4) is 0 Å². The van der Waals surface area contributed by atoms with Crippen molar-refractivity contribution in [3.05, 3.63) is 23.2 Å². The second-order valence-electron chi connectivity index (χ2n) is 6.26. The van der Waals surface area contributed by atoms with Crippen LogP contribution in [-0.4, -0.2) is 66.3 Å². The molecule has 0 heterocycles. The number of carbonyl (C=O) groups excluding carboxylic acids is 1. The van der Waals surface area contributed by atoms with E-state index < -0.39 is 10.0 Å². The summed E-state index contributed by atoms with van der Waals surface area (Å²) in [6, 6.07) is 4.79. The molecule has 1 aromatic rings. The quantitative estimate of drug-likeness (QED) is 0.569. The number of methoxy groups -OCH3 is 1. The van der Waals surface area contributed by atoms with Gasteiger partial charge in [-0.25, -0.2) is 8.42 Å². The second-order valence-corrected chi connectivity index (χ2v) is 8.58. The van der Waals surface area contributed by atoms with Crippen LogP contribution in [0.4, 0.5) is 5.69 Å². The monoisotopic (exact) mass is 405 g/mol. The van der Waals surface area contributed by atoms with E-state index >= 15 is 0 Å². The lowest BCUT2D eigenvalue weighted by Gasteiger charge is -2.23. The fourth-order valence-electron chi connectivity index (χ4n) is 2.39. The van der Waals surface area contributed by atoms with Crippen molar-refractivity contribution in [2.75, 3.05) is 51.4 Å². The van der Waals surface area contributed by atoms with Crippen LogP contribution in [0.2, 0.25) is 5.02 Å². The number of hydrogen-bond donors (Lipinski definition) is 1. The summed E-state index contributed by atoms with van der Waals surface area (Å²) in [5.74, 6) is 0.394. The Morgan fingerprint density at radius 2 is 1.92 bits per heavy atom. The molecule has 0 aliphatic rings. The van der Waals surface area contributed by atoms with Crippen molar-refractivity contribution < 1.29 is 17.9 Å². The molecule has 0 aromatic heterocycles. The van der Waals surface area contributed by atoms with Crippen LogP contribution < -0.4 is 14.4 Å². The molecule has 1 amide bonds. The van der Waals surface area contributed by atoms with E-state index in [1.807, 2.05) is 14.1 Å². The van der Waals surface area contributed by atoms with Gasteiger partial charge in [0.1, 0.15) is 5.75 Å². The summed E-state index contributed by atoms with van der Waals surface area (Å²) in [7, 11) is 1.96. The SMILES string of the molecule is COc1ccc(N(CCCC(=O)NCCCN(C)C)S(C)(=O)=O)cc1Cl. The minimum atomic E-state index is -3.49. The van der Waals surface area contributed by atoms with Crippen molar-refractivity contribution >= 4 is 33.2 Å². The number of sulfonamides is 1. The molecule has 0 atom stereocenters. The Morgan fingerprint density at radius 3 is 2.46 bits per heavy atom. The zero-order valence-electron chi connectivity index (χ0n) is 15.8. The molecule has 0 radical (unpaired) electrons. The largest absolute Gasteiger partial charge is 0.495 e. The maximum Gasteiger partial charge on any atom is 0.232 e. The van der Waals surface area contributed by atoms with Crippen LogP contribution in [0, 0.1) is 0 Å². The molecule has 1 N–H and O–H groups in total. The molecule has 148 valence electrons. The molecule has 0 aliphatic carbocycles. The van der Waals surface area contributed by atoms with Gasteiger partial charge < -0.3 is 15.0 Å². The first-order valence-corrected chi connectivity index (χ1v) is 10.6. The molecule has 0 aliphatic heterocycles. The molecule has 0 saturated carbocycles. The highest BCUT2D eigenvalue weighted by Crippen LogP contribution is 2.30. The Balaban J connectivity index is 2.59. The van der Waals surface area contributed by atoms with Crippen molar-refractivity contribution in [1.82, 2.24) is 10.2 Å². The lowest BCUT2D eigenvalue weighted by molar-refractivity contribution is -0.121. The van der Waals surface area contributed by atoms with Crippen molar-refractivity contribution in [2.45, 2.75) is 19.3 Å². The molecule has 0 spiro atoms. The number of benzene rings is 1. The Labute approximate surface area is 161 Å². The van der Waals surface area contributed by atoms with Gasteiger partial charge in [-0.1, -0.05) is 11.6 Å². The Bertz CT molecular complexity index is 695. The van der Waals surface area contributed by atoms with Gasteiger partial charge in [0.25, 0.3) is 0 Å². The number of halogens is 1. The highest BCUT2D eigenvalue weighted by Gasteiger charge is 2.18. The van der Waals surface area contributed by atoms with Gasteiger partial charge in [0, 0.05) is 19.5 Å². The lowest BCUT2D eigenvalue weighted by Crippen LogP contribution is -2.32. The van der Waals surface area contributed by atoms with Gasteiger partial charge in [-0.15, -0.1) is 0 Å². The van der Waals surface area contributed by atoms with E-state index in [4.69, 9.17) is 16.3 Å². The van der Waals surface area contributed by atoms with Crippen LogP contribution in [0.25, 0.3) is 0 Å². The van der Waals surface area contributed by atoms with E-state index in [9.17, 15) is 13.2 Å². The Morgan fingerprint density at radius 1 is 1.23 bits per heavy atom. The fourth-order valence-corrected chi connectivity index (χ4v) is 3.60. The van der Waals surface area contributed by atoms with E-state index in [0.29, 0.717) is 29.4 Å². The van der Waals surface area contributed by atoms with E-state index in [1.165, 1.54) is 11.4 Å². The van der Waals surface area contributed by atoms with Gasteiger partial charge in [-0.2, -0.15) is 0 Å². The molecular formula is C17H28ClN3O4S. The number of rotatable bonds is 11.